The van der Waals surface area contributed by atoms with Crippen LogP contribution in [0.25, 0.3) is 11.0 Å². The first-order valence-corrected chi connectivity index (χ1v) is 7.52. The molecule has 0 spiro atoms. The second-order valence-electron chi connectivity index (χ2n) is 5.34. The average Bonchev–Trinajstić information content (AvgIpc) is 3.22. The van der Waals surface area contributed by atoms with Crippen molar-refractivity contribution in [3.63, 3.8) is 0 Å². The number of anilines is 1. The van der Waals surface area contributed by atoms with E-state index in [1.807, 2.05) is 30.3 Å². The number of aromatic nitrogens is 3. The van der Waals surface area contributed by atoms with Crippen molar-refractivity contribution in [2.45, 2.75) is 13.1 Å². The molecule has 2 aromatic carbocycles. The molecule has 0 aliphatic heterocycles. The summed E-state index contributed by atoms with van der Waals surface area (Å²) in [5, 5.41) is 7.28. The number of fused-ring (bicyclic) bond motifs is 1. The van der Waals surface area contributed by atoms with Crippen molar-refractivity contribution < 1.29 is 4.52 Å². The van der Waals surface area contributed by atoms with Gasteiger partial charge in [0.05, 0.1) is 24.1 Å². The largest absolute Gasteiger partial charge is 0.364 e. The van der Waals surface area contributed by atoms with E-state index >= 15 is 0 Å². The van der Waals surface area contributed by atoms with E-state index in [0.717, 1.165) is 29.2 Å². The third-order valence-electron chi connectivity index (χ3n) is 3.76. The van der Waals surface area contributed by atoms with Gasteiger partial charge in [-0.1, -0.05) is 47.6 Å². The fourth-order valence-electron chi connectivity index (χ4n) is 2.63. The van der Waals surface area contributed by atoms with Crippen molar-refractivity contribution in [2.24, 2.45) is 0 Å². The lowest BCUT2D eigenvalue weighted by molar-refractivity contribution is 0.412. The van der Waals surface area contributed by atoms with Crippen LogP contribution in [0.3, 0.4) is 0 Å². The second-order valence-corrected chi connectivity index (χ2v) is 5.34. The molecule has 2 aromatic heterocycles. The van der Waals surface area contributed by atoms with Gasteiger partial charge in [0.1, 0.15) is 12.0 Å². The Hall–Kier alpha value is -3.08. The van der Waals surface area contributed by atoms with Gasteiger partial charge in [-0.05, 0) is 17.7 Å². The number of imidazole rings is 1. The van der Waals surface area contributed by atoms with Crippen LogP contribution in [0.5, 0.6) is 0 Å². The average molecular weight is 304 g/mol. The molecule has 23 heavy (non-hydrogen) atoms. The van der Waals surface area contributed by atoms with Crippen molar-refractivity contribution in [3.8, 4) is 0 Å². The van der Waals surface area contributed by atoms with Gasteiger partial charge in [-0.2, -0.15) is 0 Å². The first kappa shape index (κ1) is 13.6. The number of hydrogen-bond acceptors (Lipinski definition) is 4. The Morgan fingerprint density at radius 2 is 1.78 bits per heavy atom. The van der Waals surface area contributed by atoms with E-state index in [9.17, 15) is 0 Å². The fourth-order valence-corrected chi connectivity index (χ4v) is 2.63. The Morgan fingerprint density at radius 3 is 2.61 bits per heavy atom. The number of para-hydroxylation sites is 2. The molecule has 0 saturated carbocycles. The number of benzene rings is 2. The highest BCUT2D eigenvalue weighted by Gasteiger charge is 2.11. The first-order chi connectivity index (χ1) is 11.4. The predicted octanol–water partition coefficient (Wildman–Crippen LogP) is 3.68. The van der Waals surface area contributed by atoms with Gasteiger partial charge in [-0.15, -0.1) is 0 Å². The summed E-state index contributed by atoms with van der Waals surface area (Å²) in [5.74, 6) is 0.832. The smallest absolute Gasteiger partial charge is 0.204 e. The molecule has 0 atom stereocenters. The highest BCUT2D eigenvalue weighted by molar-refractivity contribution is 5.78. The number of nitrogens with one attached hydrogen (secondary N) is 1. The maximum absolute atomic E-state index is 4.87. The Morgan fingerprint density at radius 1 is 0.957 bits per heavy atom. The molecule has 0 radical (unpaired) electrons. The van der Waals surface area contributed by atoms with E-state index < -0.39 is 0 Å². The van der Waals surface area contributed by atoms with E-state index in [1.165, 1.54) is 5.56 Å². The molecule has 0 aliphatic carbocycles. The lowest BCUT2D eigenvalue weighted by Crippen LogP contribution is -2.08. The minimum Gasteiger partial charge on any atom is -0.364 e. The first-order valence-electron chi connectivity index (χ1n) is 7.52. The molecule has 0 bridgehead atoms. The van der Waals surface area contributed by atoms with Gasteiger partial charge in [0.15, 0.2) is 0 Å². The van der Waals surface area contributed by atoms with Crippen molar-refractivity contribution in [3.05, 3.63) is 78.2 Å². The standard InChI is InChI=1S/C18H16N4O/c1-2-6-14(7-3-1)13-22-17-9-5-4-8-16(17)20-18(22)19-12-15-10-11-23-21-15/h1-11H,12-13H2,(H,19,20). The van der Waals surface area contributed by atoms with Gasteiger partial charge in [0.2, 0.25) is 5.95 Å². The molecule has 4 rings (SSSR count). The molecule has 0 saturated heterocycles. The summed E-state index contributed by atoms with van der Waals surface area (Å²) in [5.41, 5.74) is 4.17. The van der Waals surface area contributed by atoms with Crippen LogP contribution < -0.4 is 5.32 Å². The number of hydrogen-bond donors (Lipinski definition) is 1. The summed E-state index contributed by atoms with van der Waals surface area (Å²) < 4.78 is 7.06. The quantitative estimate of drug-likeness (QED) is 0.611. The van der Waals surface area contributed by atoms with Gasteiger partial charge >= 0.3 is 0 Å². The highest BCUT2D eigenvalue weighted by atomic mass is 16.5. The van der Waals surface area contributed by atoms with E-state index in [2.05, 4.69) is 45.4 Å². The molecule has 0 fully saturated rings. The molecule has 2 heterocycles. The summed E-state index contributed by atoms with van der Waals surface area (Å²) in [4.78, 5) is 4.70. The van der Waals surface area contributed by atoms with Crippen LogP contribution in [0.4, 0.5) is 5.95 Å². The summed E-state index contributed by atoms with van der Waals surface area (Å²) in [6, 6.07) is 20.4. The monoisotopic (exact) mass is 304 g/mol. The molecule has 4 aromatic rings. The van der Waals surface area contributed by atoms with Gasteiger partial charge < -0.3 is 14.4 Å². The lowest BCUT2D eigenvalue weighted by atomic mass is 10.2. The molecule has 1 N–H and O–H groups in total. The Balaban J connectivity index is 1.69. The van der Waals surface area contributed by atoms with Crippen LogP contribution in [0.1, 0.15) is 11.3 Å². The summed E-state index contributed by atoms with van der Waals surface area (Å²) in [6.07, 6.45) is 1.57. The summed E-state index contributed by atoms with van der Waals surface area (Å²) in [7, 11) is 0. The molecule has 0 aliphatic rings. The zero-order chi connectivity index (χ0) is 15.5. The second kappa shape index (κ2) is 5.96. The molecule has 114 valence electrons. The summed E-state index contributed by atoms with van der Waals surface area (Å²) >= 11 is 0. The zero-order valence-corrected chi connectivity index (χ0v) is 12.5. The normalized spacial score (nSPS) is 11.0. The maximum Gasteiger partial charge on any atom is 0.204 e. The van der Waals surface area contributed by atoms with E-state index in [4.69, 9.17) is 9.51 Å². The molecule has 0 amide bonds. The van der Waals surface area contributed by atoms with E-state index in [1.54, 1.807) is 6.26 Å². The van der Waals surface area contributed by atoms with E-state index in [-0.39, 0.29) is 0 Å². The highest BCUT2D eigenvalue weighted by Crippen LogP contribution is 2.21. The minimum absolute atomic E-state index is 0.578. The third-order valence-corrected chi connectivity index (χ3v) is 3.76. The van der Waals surface area contributed by atoms with Crippen LogP contribution in [0.2, 0.25) is 0 Å². The Labute approximate surface area is 133 Å². The van der Waals surface area contributed by atoms with Crippen molar-refractivity contribution >= 4 is 17.0 Å². The molecule has 5 heteroatoms. The minimum atomic E-state index is 0.578. The molecule has 0 unspecified atom stereocenters. The molecular formula is C18H16N4O. The Kier molecular flexibility index (Phi) is 3.52. The van der Waals surface area contributed by atoms with Crippen molar-refractivity contribution in [1.29, 1.82) is 0 Å². The molecule has 5 nitrogen and oxygen atoms in total. The van der Waals surface area contributed by atoms with Gasteiger partial charge in [0, 0.05) is 6.07 Å². The van der Waals surface area contributed by atoms with Crippen molar-refractivity contribution in [2.75, 3.05) is 5.32 Å². The topological polar surface area (TPSA) is 55.9 Å². The maximum atomic E-state index is 4.87. The SMILES string of the molecule is c1ccc(Cn2c(NCc3ccon3)nc3ccccc32)cc1. The van der Waals surface area contributed by atoms with Gasteiger partial charge in [-0.25, -0.2) is 4.98 Å². The van der Waals surface area contributed by atoms with Crippen LogP contribution in [0, 0.1) is 0 Å². The molecular weight excluding hydrogens is 288 g/mol. The fraction of sp³-hybridized carbons (Fsp3) is 0.111. The van der Waals surface area contributed by atoms with E-state index in [0.29, 0.717) is 6.54 Å². The number of rotatable bonds is 5. The van der Waals surface area contributed by atoms with Gasteiger partial charge in [0.25, 0.3) is 0 Å². The van der Waals surface area contributed by atoms with Crippen molar-refractivity contribution in [1.82, 2.24) is 14.7 Å². The zero-order valence-electron chi connectivity index (χ0n) is 12.5. The van der Waals surface area contributed by atoms with Crippen LogP contribution in [0.15, 0.2) is 71.4 Å². The van der Waals surface area contributed by atoms with Crippen LogP contribution in [-0.2, 0) is 13.1 Å². The summed E-state index contributed by atoms with van der Waals surface area (Å²) in [6.45, 7) is 1.34. The van der Waals surface area contributed by atoms with Crippen LogP contribution >= 0.6 is 0 Å². The lowest BCUT2D eigenvalue weighted by Gasteiger charge is -2.10. The third kappa shape index (κ3) is 2.81. The Bertz CT molecular complexity index is 897. The number of nitrogens with zero attached hydrogens (tertiary/aromatic N) is 3. The van der Waals surface area contributed by atoms with Crippen LogP contribution in [-0.4, -0.2) is 14.7 Å². The van der Waals surface area contributed by atoms with Gasteiger partial charge in [-0.3, -0.25) is 0 Å². The predicted molar refractivity (Wildman–Crippen MR) is 89.1 cm³/mol.